The summed E-state index contributed by atoms with van der Waals surface area (Å²) in [7, 11) is 0. The minimum atomic E-state index is -0.546. The van der Waals surface area contributed by atoms with E-state index in [1.165, 1.54) is 0 Å². The highest BCUT2D eigenvalue weighted by Gasteiger charge is 2.27. The van der Waals surface area contributed by atoms with E-state index in [-0.39, 0.29) is 11.5 Å². The first-order valence-electron chi connectivity index (χ1n) is 6.80. The Kier molecular flexibility index (Phi) is 3.44. The smallest absolute Gasteiger partial charge is 0.244 e. The van der Waals surface area contributed by atoms with Crippen LogP contribution in [0.5, 0.6) is 0 Å². The topological polar surface area (TPSA) is 52.4 Å². The predicted octanol–water partition coefficient (Wildman–Crippen LogP) is 3.84. The molecule has 0 N–H and O–H groups in total. The Morgan fingerprint density at radius 1 is 1.14 bits per heavy atom. The largest absolute Gasteiger partial charge is 0.478 e. The third-order valence-corrected chi connectivity index (χ3v) is 3.62. The Hall–Kier alpha value is -2.62. The number of ether oxygens (including phenoxy) is 1. The van der Waals surface area contributed by atoms with Crippen molar-refractivity contribution >= 4 is 11.8 Å². The zero-order chi connectivity index (χ0) is 14.8. The number of hydrogen-bond acceptors (Lipinski definition) is 3. The molecule has 0 amide bonds. The molecule has 0 saturated heterocycles. The lowest BCUT2D eigenvalue weighted by Crippen LogP contribution is -2.19. The summed E-state index contributed by atoms with van der Waals surface area (Å²) in [5.41, 5.74) is 3.91. The zero-order valence-corrected chi connectivity index (χ0v) is 11.7. The lowest BCUT2D eigenvalue weighted by atomic mass is 9.96. The minimum absolute atomic E-state index is 0.236. The molecule has 4 heteroatoms. The normalized spacial score (nSPS) is 16.6. The average Bonchev–Trinajstić information content (AvgIpc) is 2.47. The number of nitrogens with zero attached hydrogens (tertiary/aromatic N) is 1. The Morgan fingerprint density at radius 2 is 1.86 bits per heavy atom. The van der Waals surface area contributed by atoms with Gasteiger partial charge in [0.2, 0.25) is 6.54 Å². The maximum Gasteiger partial charge on any atom is 0.244 e. The molecule has 2 aromatic rings. The van der Waals surface area contributed by atoms with Crippen LogP contribution in [0.2, 0.25) is 0 Å². The highest BCUT2D eigenvalue weighted by atomic mass is 16.6. The van der Waals surface area contributed by atoms with E-state index >= 15 is 0 Å². The molecule has 1 aliphatic rings. The Bertz CT molecular complexity index is 721. The van der Waals surface area contributed by atoms with Crippen molar-refractivity contribution in [3.05, 3.63) is 80.9 Å². The van der Waals surface area contributed by atoms with Crippen molar-refractivity contribution in [1.82, 2.24) is 0 Å². The summed E-state index contributed by atoms with van der Waals surface area (Å²) < 4.78 is 5.91. The average molecular weight is 281 g/mol. The van der Waals surface area contributed by atoms with Gasteiger partial charge >= 0.3 is 0 Å². The molecule has 0 fully saturated rings. The maximum atomic E-state index is 10.9. The van der Waals surface area contributed by atoms with E-state index in [0.29, 0.717) is 5.76 Å². The van der Waals surface area contributed by atoms with Gasteiger partial charge in [-0.3, -0.25) is 10.1 Å². The van der Waals surface area contributed by atoms with Crippen LogP contribution >= 0.6 is 0 Å². The monoisotopic (exact) mass is 281 g/mol. The second-order valence-electron chi connectivity index (χ2n) is 5.07. The fraction of sp³-hybridized carbons (Fsp3) is 0.176. The van der Waals surface area contributed by atoms with Gasteiger partial charge < -0.3 is 4.74 Å². The van der Waals surface area contributed by atoms with Crippen molar-refractivity contribution in [1.29, 1.82) is 0 Å². The van der Waals surface area contributed by atoms with E-state index in [1.807, 2.05) is 61.5 Å². The van der Waals surface area contributed by atoms with Crippen LogP contribution in [0.1, 0.15) is 28.4 Å². The number of aryl methyl sites for hydroxylation is 1. The standard InChI is InChI=1S/C17H15NO3/c1-12-6-2-4-8-14(12)16-10-13-7-3-5-9-15(13)17(21-16)11-18(19)20/h2-10,17H,11H2,1H3. The molecular weight excluding hydrogens is 266 g/mol. The molecule has 1 aliphatic heterocycles. The quantitative estimate of drug-likeness (QED) is 0.634. The van der Waals surface area contributed by atoms with Crippen molar-refractivity contribution in [2.45, 2.75) is 13.0 Å². The molecule has 2 aromatic carbocycles. The summed E-state index contributed by atoms with van der Waals surface area (Å²) in [6, 6.07) is 15.5. The molecule has 0 aromatic heterocycles. The summed E-state index contributed by atoms with van der Waals surface area (Å²) in [6.45, 7) is 1.77. The molecule has 21 heavy (non-hydrogen) atoms. The van der Waals surface area contributed by atoms with Crippen LogP contribution in [0.3, 0.4) is 0 Å². The van der Waals surface area contributed by atoms with Gasteiger partial charge in [0.1, 0.15) is 5.76 Å². The van der Waals surface area contributed by atoms with Gasteiger partial charge in [-0.15, -0.1) is 0 Å². The third kappa shape index (κ3) is 2.65. The number of rotatable bonds is 3. The number of nitro groups is 1. The van der Waals surface area contributed by atoms with Crippen LogP contribution in [0.15, 0.2) is 48.5 Å². The fourth-order valence-electron chi connectivity index (χ4n) is 2.59. The molecule has 0 saturated carbocycles. The first-order chi connectivity index (χ1) is 10.1. The third-order valence-electron chi connectivity index (χ3n) is 3.62. The van der Waals surface area contributed by atoms with Crippen molar-refractivity contribution in [2.24, 2.45) is 0 Å². The lowest BCUT2D eigenvalue weighted by Gasteiger charge is -2.25. The second kappa shape index (κ2) is 5.40. The molecule has 4 nitrogen and oxygen atoms in total. The molecule has 1 heterocycles. The first-order valence-corrected chi connectivity index (χ1v) is 6.80. The number of fused-ring (bicyclic) bond motifs is 1. The maximum absolute atomic E-state index is 10.9. The number of hydrogen-bond donors (Lipinski definition) is 0. The second-order valence-corrected chi connectivity index (χ2v) is 5.07. The van der Waals surface area contributed by atoms with Crippen molar-refractivity contribution in [3.8, 4) is 0 Å². The van der Waals surface area contributed by atoms with Crippen molar-refractivity contribution < 1.29 is 9.66 Å². The van der Waals surface area contributed by atoms with E-state index in [4.69, 9.17) is 4.74 Å². The summed E-state index contributed by atoms with van der Waals surface area (Å²) in [6.07, 6.45) is 1.41. The molecule has 0 aliphatic carbocycles. The summed E-state index contributed by atoms with van der Waals surface area (Å²) >= 11 is 0. The Morgan fingerprint density at radius 3 is 2.62 bits per heavy atom. The van der Waals surface area contributed by atoms with E-state index in [1.54, 1.807) is 0 Å². The SMILES string of the molecule is Cc1ccccc1C1=Cc2ccccc2C(C[N+](=O)[O-])O1. The van der Waals surface area contributed by atoms with Gasteiger partial charge in [-0.2, -0.15) is 0 Å². The fourth-order valence-corrected chi connectivity index (χ4v) is 2.59. The van der Waals surface area contributed by atoms with Gasteiger partial charge in [-0.25, -0.2) is 0 Å². The molecule has 0 bridgehead atoms. The van der Waals surface area contributed by atoms with Crippen LogP contribution in [-0.2, 0) is 4.74 Å². The van der Waals surface area contributed by atoms with Gasteiger partial charge in [0.15, 0.2) is 6.10 Å². The molecular formula is C17H15NO3. The van der Waals surface area contributed by atoms with Gasteiger partial charge in [0.25, 0.3) is 0 Å². The van der Waals surface area contributed by atoms with Crippen LogP contribution in [0.25, 0.3) is 11.8 Å². The van der Waals surface area contributed by atoms with E-state index in [2.05, 4.69) is 0 Å². The molecule has 1 atom stereocenters. The molecule has 0 spiro atoms. The minimum Gasteiger partial charge on any atom is -0.478 e. The van der Waals surface area contributed by atoms with Crippen LogP contribution in [0.4, 0.5) is 0 Å². The highest BCUT2D eigenvalue weighted by molar-refractivity contribution is 5.81. The first kappa shape index (κ1) is 13.4. The van der Waals surface area contributed by atoms with Crippen LogP contribution < -0.4 is 0 Å². The van der Waals surface area contributed by atoms with E-state index < -0.39 is 6.10 Å². The summed E-state index contributed by atoms with van der Waals surface area (Å²) in [5, 5.41) is 10.9. The van der Waals surface area contributed by atoms with E-state index in [0.717, 1.165) is 22.3 Å². The van der Waals surface area contributed by atoms with Gasteiger partial charge in [0, 0.05) is 16.1 Å². The Labute approximate surface area is 122 Å². The molecule has 1 unspecified atom stereocenters. The lowest BCUT2D eigenvalue weighted by molar-refractivity contribution is -0.491. The van der Waals surface area contributed by atoms with Gasteiger partial charge in [0.05, 0.1) is 0 Å². The molecule has 0 radical (unpaired) electrons. The zero-order valence-electron chi connectivity index (χ0n) is 11.7. The van der Waals surface area contributed by atoms with Crippen LogP contribution in [-0.4, -0.2) is 11.5 Å². The van der Waals surface area contributed by atoms with Gasteiger partial charge in [-0.05, 0) is 24.1 Å². The Balaban J connectivity index is 2.06. The van der Waals surface area contributed by atoms with Gasteiger partial charge in [-0.1, -0.05) is 48.5 Å². The van der Waals surface area contributed by atoms with Crippen LogP contribution in [0, 0.1) is 17.0 Å². The summed E-state index contributed by atoms with van der Waals surface area (Å²) in [4.78, 5) is 10.6. The number of benzene rings is 2. The highest BCUT2D eigenvalue weighted by Crippen LogP contribution is 2.36. The van der Waals surface area contributed by atoms with Crippen molar-refractivity contribution in [3.63, 3.8) is 0 Å². The predicted molar refractivity (Wildman–Crippen MR) is 81.2 cm³/mol. The summed E-state index contributed by atoms with van der Waals surface area (Å²) in [5.74, 6) is 0.693. The molecule has 3 rings (SSSR count). The molecule has 106 valence electrons. The van der Waals surface area contributed by atoms with Crippen molar-refractivity contribution in [2.75, 3.05) is 6.54 Å². The van der Waals surface area contributed by atoms with E-state index in [9.17, 15) is 10.1 Å².